The van der Waals surface area contributed by atoms with Crippen molar-refractivity contribution in [2.45, 2.75) is 10.8 Å². The van der Waals surface area contributed by atoms with Gasteiger partial charge in [-0.1, -0.05) is 419 Å². The van der Waals surface area contributed by atoms with E-state index in [1.54, 1.807) is 0 Å². The van der Waals surface area contributed by atoms with Gasteiger partial charge >= 0.3 is 0 Å². The van der Waals surface area contributed by atoms with Crippen LogP contribution in [-0.4, -0.2) is 9.13 Å². The second-order valence-corrected chi connectivity index (χ2v) is 39.4. The van der Waals surface area contributed by atoms with Gasteiger partial charge in [0.05, 0.1) is 61.3 Å². The zero-order chi connectivity index (χ0) is 94.1. The lowest BCUT2D eigenvalue weighted by atomic mass is 9.70. The molecule has 31 rings (SSSR count). The summed E-state index contributed by atoms with van der Waals surface area (Å²) in [6.45, 7) is 0. The predicted octanol–water partition coefficient (Wildman–Crippen LogP) is 37.1. The van der Waals surface area contributed by atoms with Crippen molar-refractivity contribution < 1.29 is 0 Å². The Morgan fingerprint density at radius 1 is 0.132 bits per heavy atom. The number of nitrogens with zero attached hydrogens (tertiary/aromatic N) is 4. The second-order valence-electron chi connectivity index (χ2n) is 39.4. The van der Waals surface area contributed by atoms with E-state index in [0.29, 0.717) is 0 Å². The van der Waals surface area contributed by atoms with E-state index in [1.807, 2.05) is 0 Å². The summed E-state index contributed by atoms with van der Waals surface area (Å²) in [5.41, 5.74) is 41.2. The fourth-order valence-corrected chi connectivity index (χ4v) is 26.5. The van der Waals surface area contributed by atoms with Crippen LogP contribution in [0.3, 0.4) is 0 Å². The van der Waals surface area contributed by atoms with Gasteiger partial charge in [-0.15, -0.1) is 0 Å². The number of anilines is 6. The molecule has 27 aromatic rings. The third kappa shape index (κ3) is 11.3. The van der Waals surface area contributed by atoms with Crippen molar-refractivity contribution in [3.63, 3.8) is 0 Å². The Hall–Kier alpha value is -18.7. The van der Waals surface area contributed by atoms with E-state index in [4.69, 9.17) is 0 Å². The van der Waals surface area contributed by atoms with E-state index in [1.165, 1.54) is 186 Å². The predicted molar refractivity (Wildman–Crippen MR) is 604 cm³/mol. The van der Waals surface area contributed by atoms with Crippen LogP contribution in [0.15, 0.2) is 522 Å². The molecule has 2 heterocycles. The Kier molecular flexibility index (Phi) is 17.2. The molecule has 2 spiro atoms. The van der Waals surface area contributed by atoms with Crippen LogP contribution in [0.4, 0.5) is 34.1 Å². The van der Waals surface area contributed by atoms with Crippen molar-refractivity contribution >= 4 is 142 Å². The first-order valence-electron chi connectivity index (χ1n) is 50.2. The smallest absolute Gasteiger partial charge is 0.0726 e. The van der Waals surface area contributed by atoms with E-state index in [0.717, 1.165) is 101 Å². The number of rotatable bonds is 12. The number of hydrogen-bond acceptors (Lipinski definition) is 2. The van der Waals surface area contributed by atoms with E-state index in [2.05, 4.69) is 541 Å². The summed E-state index contributed by atoms with van der Waals surface area (Å²) in [5, 5.41) is 19.2. The molecule has 0 bridgehead atoms. The van der Waals surface area contributed by atoms with E-state index in [9.17, 15) is 0 Å². The van der Waals surface area contributed by atoms with Crippen LogP contribution in [-0.2, 0) is 10.8 Å². The first kappa shape index (κ1) is 80.2. The summed E-state index contributed by atoms with van der Waals surface area (Å²) < 4.78 is 5.16. The Balaban J connectivity index is 0.614. The molecule has 4 nitrogen and oxygen atoms in total. The van der Waals surface area contributed by atoms with Crippen LogP contribution >= 0.6 is 0 Å². The minimum atomic E-state index is -0.653. The summed E-state index contributed by atoms with van der Waals surface area (Å²) in [6.07, 6.45) is 0. The zero-order valence-electron chi connectivity index (χ0n) is 78.4. The highest BCUT2D eigenvalue weighted by Gasteiger charge is 2.54. The molecule has 25 aromatic carbocycles. The number of para-hydroxylation sites is 4. The molecule has 144 heavy (non-hydrogen) atoms. The molecule has 0 saturated heterocycles. The largest absolute Gasteiger partial charge is 0.308 e. The molecule has 0 saturated carbocycles. The van der Waals surface area contributed by atoms with Crippen molar-refractivity contribution in [3.8, 4) is 100 Å². The average Bonchev–Trinajstić information content (AvgIpc) is 1.50. The van der Waals surface area contributed by atoms with Crippen LogP contribution in [0.25, 0.3) is 209 Å². The van der Waals surface area contributed by atoms with Gasteiger partial charge in [-0.2, -0.15) is 0 Å². The SMILES string of the molecule is c1ccc(-c2ccc(-c3ccc(N(c4ccc5c6ccc(-c7ccc8c(c7)c7ccccc7n8-c7cc8c(cc7N(c7ccc9c%10ccccc%10c%10ccccc%10c9c7)c7ccccc7-c7ccccc7)C7(c9ccccc9-c9ccccc97)c7ccccc7-8)cc6c6ccccc6c5c4)c4cc5c(cc4-n4c6ccccc6c6ccccc64)-c4ccccc4C54c5ccccc5-c5ccccc54)cc3)cc2)cc1. The van der Waals surface area contributed by atoms with Crippen molar-refractivity contribution in [2.75, 3.05) is 9.80 Å². The Morgan fingerprint density at radius 2 is 0.396 bits per heavy atom. The van der Waals surface area contributed by atoms with Gasteiger partial charge in [0.1, 0.15) is 0 Å². The van der Waals surface area contributed by atoms with Crippen molar-refractivity contribution in [1.29, 1.82) is 0 Å². The highest BCUT2D eigenvalue weighted by atomic mass is 15.2. The molecule has 4 aliphatic carbocycles. The third-order valence-electron chi connectivity index (χ3n) is 32.5. The van der Waals surface area contributed by atoms with Gasteiger partial charge in [0.2, 0.25) is 0 Å². The van der Waals surface area contributed by atoms with E-state index < -0.39 is 10.8 Å². The van der Waals surface area contributed by atoms with Gasteiger partial charge in [0.25, 0.3) is 0 Å². The molecule has 2 aromatic heterocycles. The lowest BCUT2D eigenvalue weighted by Crippen LogP contribution is -2.26. The van der Waals surface area contributed by atoms with Crippen LogP contribution in [0, 0.1) is 0 Å². The number of aromatic nitrogens is 2. The first-order valence-corrected chi connectivity index (χ1v) is 50.2. The summed E-state index contributed by atoms with van der Waals surface area (Å²) in [5.74, 6) is 0. The molecular weight excluding hydrogens is 1740 g/mol. The molecular formula is C140H86N4. The van der Waals surface area contributed by atoms with Crippen LogP contribution < -0.4 is 9.80 Å². The maximum atomic E-state index is 2.62. The van der Waals surface area contributed by atoms with Gasteiger partial charge in [-0.05, 0) is 296 Å². The minimum absolute atomic E-state index is 0.633. The first-order chi connectivity index (χ1) is 71.5. The quantitative estimate of drug-likeness (QED) is 0.113. The highest BCUT2D eigenvalue weighted by Crippen LogP contribution is 2.68. The Bertz CT molecular complexity index is 9980. The molecule has 0 radical (unpaired) electrons. The minimum Gasteiger partial charge on any atom is -0.308 e. The Labute approximate surface area is 832 Å². The van der Waals surface area contributed by atoms with Crippen LogP contribution in [0.1, 0.15) is 44.5 Å². The van der Waals surface area contributed by atoms with Gasteiger partial charge in [0.15, 0.2) is 0 Å². The fraction of sp³-hybridized carbons (Fsp3) is 0.0143. The van der Waals surface area contributed by atoms with Gasteiger partial charge < -0.3 is 18.9 Å². The molecule has 0 amide bonds. The lowest BCUT2D eigenvalue weighted by molar-refractivity contribution is 0.793. The van der Waals surface area contributed by atoms with Gasteiger partial charge in [-0.3, -0.25) is 0 Å². The molecule has 0 aliphatic heterocycles. The normalized spacial score (nSPS) is 13.1. The highest BCUT2D eigenvalue weighted by molar-refractivity contribution is 6.28. The third-order valence-corrected chi connectivity index (χ3v) is 32.5. The van der Waals surface area contributed by atoms with E-state index in [-0.39, 0.29) is 0 Å². The fourth-order valence-electron chi connectivity index (χ4n) is 26.5. The monoisotopic (exact) mass is 1820 g/mol. The summed E-state index contributed by atoms with van der Waals surface area (Å²) in [7, 11) is 0. The molecule has 4 heteroatoms. The standard InChI is InChI=1S/C140H86N4/c1-3-33-87(34-4-1)88-63-65-89(66-64-88)90-67-71-94(72-68-90)141(137-85-128-119(83-135(137)143-131-60-30-20-50-113(131)114-51-21-31-61-132(114)143)111-48-17-27-57-126(111)139(128)122-53-23-13-44-107(122)108-45-14-24-54-123(108)139)95-73-76-106-104-75-69-92(79-116(104)102-42-11-12-43-103(102)117(106)81-95)93-70-78-134-121(80-93)115-52-22-32-62-133(115)144(134)136-84-120-112-49-18-28-58-127(112)140(124-55-25-15-46-109(124)110-47-16-26-56-125(110)140)129(120)86-138(136)142(130-59-29-19-37-97(130)91-35-5-2-6-36-91)96-74-77-105-100-40-8-7-38-98(100)99-39-9-10-41-101(99)118(105)82-96/h1-86H. The zero-order valence-corrected chi connectivity index (χ0v) is 78.4. The number of hydrogen-bond donors (Lipinski definition) is 0. The summed E-state index contributed by atoms with van der Waals surface area (Å²) in [6, 6.07) is 198. The summed E-state index contributed by atoms with van der Waals surface area (Å²) in [4.78, 5) is 5.20. The van der Waals surface area contributed by atoms with E-state index >= 15 is 0 Å². The summed E-state index contributed by atoms with van der Waals surface area (Å²) >= 11 is 0. The molecule has 4 aliphatic rings. The Morgan fingerprint density at radius 3 is 0.819 bits per heavy atom. The average molecular weight is 1820 g/mol. The topological polar surface area (TPSA) is 16.3 Å². The van der Waals surface area contributed by atoms with Crippen LogP contribution in [0.2, 0.25) is 0 Å². The van der Waals surface area contributed by atoms with Crippen molar-refractivity contribution in [3.05, 3.63) is 566 Å². The molecule has 0 unspecified atom stereocenters. The van der Waals surface area contributed by atoms with Crippen LogP contribution in [0.5, 0.6) is 0 Å². The maximum Gasteiger partial charge on any atom is 0.0726 e. The number of benzene rings is 25. The lowest BCUT2D eigenvalue weighted by Gasteiger charge is -2.34. The molecule has 0 fully saturated rings. The van der Waals surface area contributed by atoms with Crippen molar-refractivity contribution in [2.24, 2.45) is 0 Å². The number of fused-ring (bicyclic) bond motifs is 38. The van der Waals surface area contributed by atoms with Gasteiger partial charge in [0, 0.05) is 44.2 Å². The van der Waals surface area contributed by atoms with Crippen molar-refractivity contribution in [1.82, 2.24) is 9.13 Å². The molecule has 0 atom stereocenters. The maximum absolute atomic E-state index is 2.62. The molecule has 0 N–H and O–H groups in total. The second kappa shape index (κ2) is 30.9. The van der Waals surface area contributed by atoms with Gasteiger partial charge in [-0.25, -0.2) is 0 Å². The molecule has 666 valence electrons.